The molecule has 0 fully saturated rings. The van der Waals surface area contributed by atoms with Crippen LogP contribution in [0.2, 0.25) is 0 Å². The molecule has 3 aromatic carbocycles. The molecule has 2 atom stereocenters. The number of carbonyl (C=O) groups is 3. The van der Waals surface area contributed by atoms with Crippen LogP contribution < -0.4 is 10.6 Å². The van der Waals surface area contributed by atoms with Gasteiger partial charge in [-0.1, -0.05) is 97.9 Å². The number of alkyl carbamates (subject to hydrolysis) is 1. The number of hydrogen-bond acceptors (Lipinski definition) is 7. The van der Waals surface area contributed by atoms with Crippen LogP contribution in [-0.2, 0) is 34.7 Å². The van der Waals surface area contributed by atoms with Crippen LogP contribution >= 0.6 is 0 Å². The van der Waals surface area contributed by atoms with Crippen molar-refractivity contribution in [3.05, 3.63) is 126 Å². The third kappa shape index (κ3) is 10.6. The molecule has 10 heteroatoms. The molecule has 0 radical (unpaired) electrons. The summed E-state index contributed by atoms with van der Waals surface area (Å²) >= 11 is 0. The number of amides is 3. The van der Waals surface area contributed by atoms with Crippen molar-refractivity contribution in [2.45, 2.75) is 51.4 Å². The van der Waals surface area contributed by atoms with E-state index in [1.54, 1.807) is 7.05 Å². The highest BCUT2D eigenvalue weighted by Gasteiger charge is 2.36. The number of hydrogen-bond donors (Lipinski definition) is 3. The van der Waals surface area contributed by atoms with Gasteiger partial charge in [0.15, 0.2) is 5.69 Å². The van der Waals surface area contributed by atoms with E-state index in [2.05, 4.69) is 15.6 Å². The lowest BCUT2D eigenvalue weighted by atomic mass is 9.91. The standard InChI is InChI=1S/C36H42N4O6/c1-27(18-20-38-35(43)46-25-30-16-10-5-11-17-30)22-32(41)37-21-19-36(44,23-28-12-6-3-7-13-28)34-39-31(26-45-34)33(42)40(2)24-29-14-8-4-9-15-29/h3-17,26-27,44H,18-25H2,1-2H3,(H,37,41)(H,38,43). The van der Waals surface area contributed by atoms with Crippen LogP contribution in [0.25, 0.3) is 0 Å². The molecular weight excluding hydrogens is 584 g/mol. The number of benzene rings is 3. The van der Waals surface area contributed by atoms with Crippen LogP contribution in [0.15, 0.2) is 102 Å². The van der Waals surface area contributed by atoms with Gasteiger partial charge in [-0.25, -0.2) is 9.78 Å². The first-order valence-corrected chi connectivity index (χ1v) is 15.4. The van der Waals surface area contributed by atoms with Crippen LogP contribution in [0.1, 0.15) is 59.3 Å². The Kier molecular flexibility index (Phi) is 12.5. The maximum Gasteiger partial charge on any atom is 0.407 e. The molecule has 4 aromatic rings. The van der Waals surface area contributed by atoms with Gasteiger partial charge in [0.25, 0.3) is 5.91 Å². The predicted molar refractivity (Wildman–Crippen MR) is 173 cm³/mol. The summed E-state index contributed by atoms with van der Waals surface area (Å²) in [5.74, 6) is -0.486. The molecule has 0 bridgehead atoms. The first-order chi connectivity index (χ1) is 22.2. The van der Waals surface area contributed by atoms with Crippen molar-refractivity contribution in [1.29, 1.82) is 0 Å². The molecule has 1 heterocycles. The summed E-state index contributed by atoms with van der Waals surface area (Å²) in [5.41, 5.74) is 1.26. The number of aliphatic hydroxyl groups is 1. The van der Waals surface area contributed by atoms with E-state index in [4.69, 9.17) is 9.15 Å². The number of nitrogens with zero attached hydrogens (tertiary/aromatic N) is 2. The van der Waals surface area contributed by atoms with E-state index in [1.807, 2.05) is 97.9 Å². The molecule has 242 valence electrons. The molecule has 0 saturated carbocycles. The van der Waals surface area contributed by atoms with Crippen LogP contribution in [0.4, 0.5) is 4.79 Å². The van der Waals surface area contributed by atoms with Crippen LogP contribution in [0.3, 0.4) is 0 Å². The maximum absolute atomic E-state index is 13.1. The fourth-order valence-corrected chi connectivity index (χ4v) is 5.01. The molecule has 46 heavy (non-hydrogen) atoms. The van der Waals surface area contributed by atoms with Gasteiger partial charge in [-0.3, -0.25) is 9.59 Å². The fourth-order valence-electron chi connectivity index (χ4n) is 5.01. The minimum atomic E-state index is -1.57. The number of rotatable bonds is 16. The Morgan fingerprint density at radius 2 is 1.50 bits per heavy atom. The SMILES string of the molecule is CC(CCNC(=O)OCc1ccccc1)CC(=O)NCCC(O)(Cc1ccccc1)c1nc(C(=O)N(C)Cc2ccccc2)co1. The van der Waals surface area contributed by atoms with E-state index in [1.165, 1.54) is 11.2 Å². The van der Waals surface area contributed by atoms with Gasteiger partial charge in [0.1, 0.15) is 18.5 Å². The van der Waals surface area contributed by atoms with Gasteiger partial charge in [-0.2, -0.15) is 0 Å². The van der Waals surface area contributed by atoms with Crippen molar-refractivity contribution in [2.24, 2.45) is 5.92 Å². The second-order valence-corrected chi connectivity index (χ2v) is 11.6. The highest BCUT2D eigenvalue weighted by atomic mass is 16.5. The van der Waals surface area contributed by atoms with E-state index in [0.717, 1.165) is 16.7 Å². The monoisotopic (exact) mass is 626 g/mol. The Bertz CT molecular complexity index is 1530. The number of ether oxygens (including phenoxy) is 1. The third-order valence-corrected chi connectivity index (χ3v) is 7.58. The van der Waals surface area contributed by atoms with Crippen LogP contribution in [0.5, 0.6) is 0 Å². The lowest BCUT2D eigenvalue weighted by Crippen LogP contribution is -2.36. The lowest BCUT2D eigenvalue weighted by molar-refractivity contribution is -0.122. The largest absolute Gasteiger partial charge is 0.445 e. The van der Waals surface area contributed by atoms with Gasteiger partial charge in [-0.15, -0.1) is 0 Å². The van der Waals surface area contributed by atoms with Crippen molar-refractivity contribution in [2.75, 3.05) is 20.1 Å². The molecule has 0 spiro atoms. The molecule has 0 aliphatic carbocycles. The molecule has 0 aliphatic heterocycles. The zero-order chi connectivity index (χ0) is 32.8. The van der Waals surface area contributed by atoms with Crippen LogP contribution in [0, 0.1) is 5.92 Å². The van der Waals surface area contributed by atoms with Crippen molar-refractivity contribution < 1.29 is 28.6 Å². The van der Waals surface area contributed by atoms with Gasteiger partial charge < -0.3 is 29.8 Å². The first-order valence-electron chi connectivity index (χ1n) is 15.4. The molecule has 1 aromatic heterocycles. The Morgan fingerprint density at radius 1 is 0.891 bits per heavy atom. The molecule has 10 nitrogen and oxygen atoms in total. The highest BCUT2D eigenvalue weighted by molar-refractivity contribution is 5.91. The lowest BCUT2D eigenvalue weighted by Gasteiger charge is -2.25. The normalized spacial score (nSPS) is 12.8. The average molecular weight is 627 g/mol. The molecule has 0 aliphatic rings. The summed E-state index contributed by atoms with van der Waals surface area (Å²) in [5, 5.41) is 17.4. The molecule has 4 rings (SSSR count). The smallest absolute Gasteiger partial charge is 0.407 e. The van der Waals surface area contributed by atoms with Crippen molar-refractivity contribution in [3.63, 3.8) is 0 Å². The van der Waals surface area contributed by atoms with Crippen molar-refractivity contribution in [1.82, 2.24) is 20.5 Å². The van der Waals surface area contributed by atoms with E-state index in [9.17, 15) is 19.5 Å². The van der Waals surface area contributed by atoms with Gasteiger partial charge in [0, 0.05) is 45.9 Å². The Labute approximate surface area is 269 Å². The topological polar surface area (TPSA) is 134 Å². The van der Waals surface area contributed by atoms with E-state index >= 15 is 0 Å². The quantitative estimate of drug-likeness (QED) is 0.155. The summed E-state index contributed by atoms with van der Waals surface area (Å²) in [7, 11) is 1.68. The predicted octanol–water partition coefficient (Wildman–Crippen LogP) is 5.23. The number of carbonyl (C=O) groups excluding carboxylic acids is 3. The highest BCUT2D eigenvalue weighted by Crippen LogP contribution is 2.29. The summed E-state index contributed by atoms with van der Waals surface area (Å²) in [6.45, 7) is 3.07. The number of oxazole rings is 1. The Balaban J connectivity index is 1.27. The van der Waals surface area contributed by atoms with Gasteiger partial charge in [0.05, 0.1) is 0 Å². The second-order valence-electron chi connectivity index (χ2n) is 11.6. The summed E-state index contributed by atoms with van der Waals surface area (Å²) in [6, 6.07) is 28.5. The fraction of sp³-hybridized carbons (Fsp3) is 0.333. The summed E-state index contributed by atoms with van der Waals surface area (Å²) < 4.78 is 10.9. The zero-order valence-electron chi connectivity index (χ0n) is 26.4. The van der Waals surface area contributed by atoms with Gasteiger partial charge in [-0.05, 0) is 29.0 Å². The average Bonchev–Trinajstić information content (AvgIpc) is 3.56. The Morgan fingerprint density at radius 3 is 2.15 bits per heavy atom. The Hall–Kier alpha value is -4.96. The van der Waals surface area contributed by atoms with E-state index in [-0.39, 0.29) is 61.7 Å². The number of aromatic nitrogens is 1. The second kappa shape index (κ2) is 16.9. The summed E-state index contributed by atoms with van der Waals surface area (Å²) in [4.78, 5) is 43.7. The molecule has 3 amide bonds. The van der Waals surface area contributed by atoms with Crippen molar-refractivity contribution >= 4 is 17.9 Å². The number of nitrogens with one attached hydrogen (secondary N) is 2. The minimum Gasteiger partial charge on any atom is -0.445 e. The first kappa shape index (κ1) is 33.9. The van der Waals surface area contributed by atoms with E-state index in [0.29, 0.717) is 19.5 Å². The molecule has 3 N–H and O–H groups in total. The molecule has 0 saturated heterocycles. The minimum absolute atomic E-state index is 0.00538. The zero-order valence-corrected chi connectivity index (χ0v) is 26.4. The van der Waals surface area contributed by atoms with Crippen molar-refractivity contribution in [3.8, 4) is 0 Å². The molecule has 2 unspecified atom stereocenters. The van der Waals surface area contributed by atoms with Gasteiger partial charge in [0.2, 0.25) is 11.8 Å². The maximum atomic E-state index is 13.1. The summed E-state index contributed by atoms with van der Waals surface area (Å²) in [6.07, 6.45) is 1.91. The third-order valence-electron chi connectivity index (χ3n) is 7.58. The van der Waals surface area contributed by atoms with Gasteiger partial charge >= 0.3 is 6.09 Å². The van der Waals surface area contributed by atoms with E-state index < -0.39 is 11.7 Å². The molecular formula is C36H42N4O6. The van der Waals surface area contributed by atoms with Crippen LogP contribution in [-0.4, -0.2) is 53.0 Å².